The number of hydrogen-bond acceptors (Lipinski definition) is 4. The zero-order chi connectivity index (χ0) is 19.6. The normalized spacial score (nSPS) is 11.8. The van der Waals surface area contributed by atoms with E-state index in [4.69, 9.17) is 4.98 Å². The Morgan fingerprint density at radius 3 is 2.21 bits per heavy atom. The molecule has 0 spiro atoms. The molecule has 4 nitrogen and oxygen atoms in total. The van der Waals surface area contributed by atoms with Crippen molar-refractivity contribution in [1.82, 2.24) is 9.97 Å². The van der Waals surface area contributed by atoms with Crippen molar-refractivity contribution in [3.63, 3.8) is 0 Å². The molecule has 0 amide bonds. The molecular weight excluding hydrogens is 358 g/mol. The molecule has 138 valence electrons. The fraction of sp³-hybridized carbons (Fsp3) is 0. The van der Waals surface area contributed by atoms with Crippen molar-refractivity contribution in [2.45, 2.75) is 0 Å². The number of benzene rings is 3. The van der Waals surface area contributed by atoms with E-state index in [1.165, 1.54) is 5.39 Å². The van der Waals surface area contributed by atoms with E-state index in [-0.39, 0.29) is 0 Å². The lowest BCUT2D eigenvalue weighted by Crippen LogP contribution is -2.08. The van der Waals surface area contributed by atoms with Crippen LogP contribution in [0.15, 0.2) is 102 Å². The van der Waals surface area contributed by atoms with Gasteiger partial charge in [0.05, 0.1) is 17.1 Å². The van der Waals surface area contributed by atoms with Crippen LogP contribution in [0.2, 0.25) is 0 Å². The highest BCUT2D eigenvalue weighted by atomic mass is 16.4. The van der Waals surface area contributed by atoms with Crippen LogP contribution in [-0.2, 0) is 0 Å². The molecule has 5 aromatic rings. The van der Waals surface area contributed by atoms with Crippen LogP contribution in [0.25, 0.3) is 32.9 Å². The zero-order valence-electron chi connectivity index (χ0n) is 15.5. The Morgan fingerprint density at radius 2 is 1.41 bits per heavy atom. The van der Waals surface area contributed by atoms with Crippen LogP contribution in [-0.4, -0.2) is 20.9 Å². The molecule has 4 heteroatoms. The second kappa shape index (κ2) is 7.17. The van der Waals surface area contributed by atoms with Gasteiger partial charge < -0.3 is 5.21 Å². The minimum absolute atomic E-state index is 0.435. The molecule has 3 aromatic carbocycles. The number of oxime groups is 1. The first-order chi connectivity index (χ1) is 14.3. The first-order valence-electron chi connectivity index (χ1n) is 9.37. The predicted octanol–water partition coefficient (Wildman–Crippen LogP) is 5.68. The number of nitrogens with zero attached hydrogens (tertiary/aromatic N) is 3. The van der Waals surface area contributed by atoms with Crippen molar-refractivity contribution in [3.05, 3.63) is 108 Å². The third kappa shape index (κ3) is 3.01. The van der Waals surface area contributed by atoms with Crippen LogP contribution in [0.1, 0.15) is 11.3 Å². The van der Waals surface area contributed by atoms with E-state index in [0.29, 0.717) is 11.4 Å². The standard InChI is InChI=1S/C25H17N3O/c29-28-25(24-14-7-13-23(27-24)22-12-5-6-15-26-22)21-16-17-8-1-2-9-18(17)19-10-3-4-11-20(19)21/h1-16,29H. The van der Waals surface area contributed by atoms with Gasteiger partial charge in [0.15, 0.2) is 0 Å². The number of fused-ring (bicyclic) bond motifs is 3. The second-order valence-electron chi connectivity index (χ2n) is 6.76. The molecule has 2 aromatic heterocycles. The second-order valence-corrected chi connectivity index (χ2v) is 6.76. The Labute approximate surface area is 167 Å². The summed E-state index contributed by atoms with van der Waals surface area (Å²) >= 11 is 0. The summed E-state index contributed by atoms with van der Waals surface area (Å²) in [6.45, 7) is 0. The number of hydrogen-bond donors (Lipinski definition) is 1. The third-order valence-electron chi connectivity index (χ3n) is 5.04. The predicted molar refractivity (Wildman–Crippen MR) is 116 cm³/mol. The lowest BCUT2D eigenvalue weighted by molar-refractivity contribution is 0.319. The maximum Gasteiger partial charge on any atom is 0.136 e. The Bertz CT molecular complexity index is 1360. The van der Waals surface area contributed by atoms with Crippen LogP contribution in [0.5, 0.6) is 0 Å². The van der Waals surface area contributed by atoms with Crippen LogP contribution in [0.4, 0.5) is 0 Å². The highest BCUT2D eigenvalue weighted by molar-refractivity contribution is 6.23. The Morgan fingerprint density at radius 1 is 0.690 bits per heavy atom. The number of aromatic nitrogens is 2. The topological polar surface area (TPSA) is 58.4 Å². The summed E-state index contributed by atoms with van der Waals surface area (Å²) in [6, 6.07) is 29.8. The van der Waals surface area contributed by atoms with Crippen molar-refractivity contribution in [1.29, 1.82) is 0 Å². The molecule has 0 aliphatic heterocycles. The lowest BCUT2D eigenvalue weighted by atomic mass is 9.93. The monoisotopic (exact) mass is 375 g/mol. The number of rotatable bonds is 3. The van der Waals surface area contributed by atoms with Crippen molar-refractivity contribution in [2.24, 2.45) is 5.16 Å². The average Bonchev–Trinajstić information content (AvgIpc) is 2.80. The molecule has 1 N–H and O–H groups in total. The Hall–Kier alpha value is -4.05. The molecule has 0 bridgehead atoms. The summed E-state index contributed by atoms with van der Waals surface area (Å²) in [7, 11) is 0. The molecule has 5 rings (SSSR count). The molecule has 0 saturated carbocycles. The molecule has 0 radical (unpaired) electrons. The van der Waals surface area contributed by atoms with Crippen LogP contribution in [0, 0.1) is 0 Å². The minimum Gasteiger partial charge on any atom is -0.410 e. The van der Waals surface area contributed by atoms with E-state index < -0.39 is 0 Å². The summed E-state index contributed by atoms with van der Waals surface area (Å²) in [6.07, 6.45) is 1.74. The number of pyridine rings is 2. The van der Waals surface area contributed by atoms with Crippen LogP contribution < -0.4 is 0 Å². The molecule has 0 aliphatic carbocycles. The first-order valence-corrected chi connectivity index (χ1v) is 9.37. The SMILES string of the molecule is ON=C(c1cccc(-c2ccccn2)n1)c1cc2ccccc2c2ccccc12. The van der Waals surface area contributed by atoms with E-state index in [1.54, 1.807) is 6.20 Å². The molecular formula is C25H17N3O. The fourth-order valence-electron chi connectivity index (χ4n) is 3.72. The quantitative estimate of drug-likeness (QED) is 0.191. The molecule has 0 atom stereocenters. The Kier molecular flexibility index (Phi) is 4.22. The molecule has 0 aliphatic rings. The van der Waals surface area contributed by atoms with Gasteiger partial charge in [-0.1, -0.05) is 65.8 Å². The lowest BCUT2D eigenvalue weighted by Gasteiger charge is -2.12. The third-order valence-corrected chi connectivity index (χ3v) is 5.04. The van der Waals surface area contributed by atoms with Crippen molar-refractivity contribution in [2.75, 3.05) is 0 Å². The van der Waals surface area contributed by atoms with E-state index in [1.807, 2.05) is 66.7 Å². The van der Waals surface area contributed by atoms with Crippen molar-refractivity contribution < 1.29 is 5.21 Å². The summed E-state index contributed by atoms with van der Waals surface area (Å²) in [5.74, 6) is 0. The van der Waals surface area contributed by atoms with Crippen LogP contribution >= 0.6 is 0 Å². The summed E-state index contributed by atoms with van der Waals surface area (Å²) in [4.78, 5) is 9.10. The summed E-state index contributed by atoms with van der Waals surface area (Å²) in [5, 5.41) is 18.0. The van der Waals surface area contributed by atoms with Crippen molar-refractivity contribution in [3.8, 4) is 11.4 Å². The molecule has 0 unspecified atom stereocenters. The minimum atomic E-state index is 0.435. The van der Waals surface area contributed by atoms with Gasteiger partial charge in [0.2, 0.25) is 0 Å². The van der Waals surface area contributed by atoms with Gasteiger partial charge in [-0.15, -0.1) is 0 Å². The van der Waals surface area contributed by atoms with E-state index in [0.717, 1.165) is 33.1 Å². The van der Waals surface area contributed by atoms with Gasteiger partial charge in [0, 0.05) is 11.8 Å². The fourth-order valence-corrected chi connectivity index (χ4v) is 3.72. The largest absolute Gasteiger partial charge is 0.410 e. The maximum absolute atomic E-state index is 9.96. The Balaban J connectivity index is 1.73. The van der Waals surface area contributed by atoms with Gasteiger partial charge in [0.1, 0.15) is 5.71 Å². The van der Waals surface area contributed by atoms with Gasteiger partial charge in [-0.3, -0.25) is 4.98 Å². The maximum atomic E-state index is 9.96. The highest BCUT2D eigenvalue weighted by Gasteiger charge is 2.16. The van der Waals surface area contributed by atoms with E-state index in [9.17, 15) is 5.21 Å². The van der Waals surface area contributed by atoms with Gasteiger partial charge in [-0.25, -0.2) is 4.98 Å². The molecule has 0 fully saturated rings. The first kappa shape index (κ1) is 17.1. The molecule has 0 saturated heterocycles. The highest BCUT2D eigenvalue weighted by Crippen LogP contribution is 2.30. The zero-order valence-corrected chi connectivity index (χ0v) is 15.5. The van der Waals surface area contributed by atoms with Gasteiger partial charge in [-0.2, -0.15) is 0 Å². The van der Waals surface area contributed by atoms with E-state index in [2.05, 4.69) is 34.4 Å². The van der Waals surface area contributed by atoms with Gasteiger partial charge in [-0.05, 0) is 51.9 Å². The summed E-state index contributed by atoms with van der Waals surface area (Å²) < 4.78 is 0. The van der Waals surface area contributed by atoms with Crippen molar-refractivity contribution >= 4 is 27.3 Å². The molecule has 2 heterocycles. The van der Waals surface area contributed by atoms with Gasteiger partial charge >= 0.3 is 0 Å². The van der Waals surface area contributed by atoms with Crippen LogP contribution in [0.3, 0.4) is 0 Å². The van der Waals surface area contributed by atoms with E-state index >= 15 is 0 Å². The average molecular weight is 375 g/mol. The summed E-state index contributed by atoms with van der Waals surface area (Å²) in [5.41, 5.74) is 3.37. The smallest absolute Gasteiger partial charge is 0.136 e. The molecule has 29 heavy (non-hydrogen) atoms. The van der Waals surface area contributed by atoms with Gasteiger partial charge in [0.25, 0.3) is 0 Å².